The molecule has 1 heteroatoms. The second kappa shape index (κ2) is 9.09. The van der Waals surface area contributed by atoms with E-state index >= 15 is 0 Å². The molecular weight excluding hydrogens is 230 g/mol. The van der Waals surface area contributed by atoms with Crippen molar-refractivity contribution < 1.29 is 0 Å². The summed E-state index contributed by atoms with van der Waals surface area (Å²) in [5.41, 5.74) is 3.76. The fourth-order valence-electron chi connectivity index (χ4n) is 1.64. The highest BCUT2D eigenvalue weighted by Crippen LogP contribution is 2.07. The van der Waals surface area contributed by atoms with Gasteiger partial charge in [-0.15, -0.1) is 0 Å². The maximum absolute atomic E-state index is 4.52. The SMILES string of the molecule is C\C=C/C=C(C=NCCc1ccccc1)\C(C)=C\C. The Kier molecular flexibility index (Phi) is 7.26. The fraction of sp³-hybridized carbons (Fsp3) is 0.278. The van der Waals surface area contributed by atoms with Crippen LogP contribution in [0.3, 0.4) is 0 Å². The monoisotopic (exact) mass is 253 g/mol. The molecule has 1 rings (SSSR count). The zero-order valence-corrected chi connectivity index (χ0v) is 12.1. The van der Waals surface area contributed by atoms with E-state index in [-0.39, 0.29) is 0 Å². The van der Waals surface area contributed by atoms with Gasteiger partial charge in [-0.1, -0.05) is 54.6 Å². The molecule has 0 aliphatic rings. The largest absolute Gasteiger partial charge is 0.292 e. The van der Waals surface area contributed by atoms with Crippen molar-refractivity contribution >= 4 is 6.21 Å². The van der Waals surface area contributed by atoms with Crippen LogP contribution in [-0.4, -0.2) is 12.8 Å². The lowest BCUT2D eigenvalue weighted by molar-refractivity contribution is 0.973. The summed E-state index contributed by atoms with van der Waals surface area (Å²) in [7, 11) is 0. The molecule has 0 radical (unpaired) electrons. The van der Waals surface area contributed by atoms with E-state index in [0.29, 0.717) is 0 Å². The van der Waals surface area contributed by atoms with Crippen LogP contribution >= 0.6 is 0 Å². The molecule has 0 fully saturated rings. The van der Waals surface area contributed by atoms with E-state index < -0.39 is 0 Å². The molecule has 0 N–H and O–H groups in total. The second-order valence-electron chi connectivity index (χ2n) is 4.39. The molecule has 1 aromatic rings. The molecule has 0 aliphatic carbocycles. The van der Waals surface area contributed by atoms with Gasteiger partial charge in [0, 0.05) is 12.8 Å². The molecule has 0 atom stereocenters. The highest BCUT2D eigenvalue weighted by atomic mass is 14.7. The van der Waals surface area contributed by atoms with Crippen molar-refractivity contribution in [3.05, 3.63) is 71.3 Å². The molecular formula is C18H23N. The van der Waals surface area contributed by atoms with Crippen molar-refractivity contribution in [2.75, 3.05) is 6.54 Å². The minimum atomic E-state index is 0.828. The number of benzene rings is 1. The third-order valence-electron chi connectivity index (χ3n) is 2.96. The molecule has 0 saturated heterocycles. The highest BCUT2D eigenvalue weighted by molar-refractivity contribution is 5.84. The molecule has 0 unspecified atom stereocenters. The Balaban J connectivity index is 2.58. The first-order valence-corrected chi connectivity index (χ1v) is 6.78. The van der Waals surface area contributed by atoms with E-state index in [2.05, 4.69) is 55.3 Å². The number of hydrogen-bond donors (Lipinski definition) is 0. The van der Waals surface area contributed by atoms with Crippen molar-refractivity contribution in [1.29, 1.82) is 0 Å². The van der Waals surface area contributed by atoms with Gasteiger partial charge in [0.1, 0.15) is 0 Å². The summed E-state index contributed by atoms with van der Waals surface area (Å²) >= 11 is 0. The molecule has 1 aromatic carbocycles. The van der Waals surface area contributed by atoms with Gasteiger partial charge in [-0.2, -0.15) is 0 Å². The Hall–Kier alpha value is -1.89. The molecule has 0 aromatic heterocycles. The minimum Gasteiger partial charge on any atom is -0.292 e. The van der Waals surface area contributed by atoms with Crippen LogP contribution < -0.4 is 0 Å². The topological polar surface area (TPSA) is 12.4 Å². The lowest BCUT2D eigenvalue weighted by atomic mass is 10.1. The zero-order chi connectivity index (χ0) is 13.9. The number of nitrogens with zero attached hydrogens (tertiary/aromatic N) is 1. The molecule has 0 heterocycles. The highest BCUT2D eigenvalue weighted by Gasteiger charge is 1.94. The van der Waals surface area contributed by atoms with Crippen LogP contribution in [0.4, 0.5) is 0 Å². The average Bonchev–Trinajstić information content (AvgIpc) is 2.47. The summed E-state index contributed by atoms with van der Waals surface area (Å²) in [6.45, 7) is 7.01. The van der Waals surface area contributed by atoms with Crippen LogP contribution in [-0.2, 0) is 6.42 Å². The van der Waals surface area contributed by atoms with Gasteiger partial charge in [-0.3, -0.25) is 4.99 Å². The van der Waals surface area contributed by atoms with E-state index in [9.17, 15) is 0 Å². The van der Waals surface area contributed by atoms with Gasteiger partial charge in [0.05, 0.1) is 0 Å². The summed E-state index contributed by atoms with van der Waals surface area (Å²) in [6, 6.07) is 10.5. The first kappa shape index (κ1) is 15.2. The molecule has 0 spiro atoms. The molecule has 100 valence electrons. The predicted octanol–water partition coefficient (Wildman–Crippen LogP) is 4.77. The minimum absolute atomic E-state index is 0.828. The van der Waals surface area contributed by atoms with Crippen molar-refractivity contribution in [2.45, 2.75) is 27.2 Å². The maximum Gasteiger partial charge on any atom is 0.0429 e. The summed E-state index contributed by atoms with van der Waals surface area (Å²) in [5, 5.41) is 0. The Morgan fingerprint density at radius 1 is 1.16 bits per heavy atom. The normalized spacial score (nSPS) is 13.6. The van der Waals surface area contributed by atoms with Crippen molar-refractivity contribution in [3.63, 3.8) is 0 Å². The lowest BCUT2D eigenvalue weighted by Gasteiger charge is -2.01. The van der Waals surface area contributed by atoms with E-state index in [0.717, 1.165) is 13.0 Å². The molecule has 0 amide bonds. The Morgan fingerprint density at radius 2 is 1.89 bits per heavy atom. The van der Waals surface area contributed by atoms with Gasteiger partial charge < -0.3 is 0 Å². The van der Waals surface area contributed by atoms with E-state index in [1.54, 1.807) is 0 Å². The standard InChI is InChI=1S/C18H23N/c1-4-6-12-18(16(3)5-2)15-19-14-13-17-10-8-7-9-11-17/h4-12,15H,13-14H2,1-3H3/b6-4-,16-5+,18-12-,19-15?. The van der Waals surface area contributed by atoms with Gasteiger partial charge in [0.25, 0.3) is 0 Å². The number of aliphatic imine (C=N–C) groups is 1. The summed E-state index contributed by atoms with van der Waals surface area (Å²) in [4.78, 5) is 4.52. The third kappa shape index (κ3) is 6.01. The smallest absolute Gasteiger partial charge is 0.0429 e. The second-order valence-corrected chi connectivity index (χ2v) is 4.39. The quantitative estimate of drug-likeness (QED) is 0.511. The summed E-state index contributed by atoms with van der Waals surface area (Å²) in [6.07, 6.45) is 11.2. The Morgan fingerprint density at radius 3 is 2.53 bits per heavy atom. The van der Waals surface area contributed by atoms with Crippen LogP contribution in [0.2, 0.25) is 0 Å². The zero-order valence-electron chi connectivity index (χ0n) is 12.1. The Labute approximate surface area is 117 Å². The van der Waals surface area contributed by atoms with Gasteiger partial charge in [0.2, 0.25) is 0 Å². The van der Waals surface area contributed by atoms with E-state index in [1.807, 2.05) is 31.4 Å². The number of rotatable bonds is 6. The Bertz CT molecular complexity index is 476. The first-order valence-electron chi connectivity index (χ1n) is 6.78. The lowest BCUT2D eigenvalue weighted by Crippen LogP contribution is -1.92. The van der Waals surface area contributed by atoms with E-state index in [1.165, 1.54) is 16.7 Å². The molecule has 19 heavy (non-hydrogen) atoms. The van der Waals surface area contributed by atoms with Crippen LogP contribution in [0.5, 0.6) is 0 Å². The van der Waals surface area contributed by atoms with Crippen molar-refractivity contribution in [3.8, 4) is 0 Å². The van der Waals surface area contributed by atoms with Crippen LogP contribution in [0, 0.1) is 0 Å². The predicted molar refractivity (Wildman–Crippen MR) is 85.8 cm³/mol. The van der Waals surface area contributed by atoms with Gasteiger partial charge >= 0.3 is 0 Å². The van der Waals surface area contributed by atoms with Gasteiger partial charge in [-0.25, -0.2) is 0 Å². The average molecular weight is 253 g/mol. The van der Waals surface area contributed by atoms with Crippen LogP contribution in [0.25, 0.3) is 0 Å². The van der Waals surface area contributed by atoms with Crippen molar-refractivity contribution in [1.82, 2.24) is 0 Å². The molecule has 0 saturated carbocycles. The van der Waals surface area contributed by atoms with Crippen LogP contribution in [0.15, 0.2) is 70.8 Å². The van der Waals surface area contributed by atoms with Crippen LogP contribution in [0.1, 0.15) is 26.3 Å². The molecule has 0 bridgehead atoms. The van der Waals surface area contributed by atoms with Gasteiger partial charge in [-0.05, 0) is 43.9 Å². The fourth-order valence-corrected chi connectivity index (χ4v) is 1.64. The number of hydrogen-bond acceptors (Lipinski definition) is 1. The van der Waals surface area contributed by atoms with Crippen molar-refractivity contribution in [2.24, 2.45) is 4.99 Å². The maximum atomic E-state index is 4.52. The summed E-state index contributed by atoms with van der Waals surface area (Å²) in [5.74, 6) is 0. The first-order chi connectivity index (χ1) is 9.27. The van der Waals surface area contributed by atoms with E-state index in [4.69, 9.17) is 0 Å². The molecule has 1 nitrogen and oxygen atoms in total. The molecule has 0 aliphatic heterocycles. The number of allylic oxidation sites excluding steroid dienone is 6. The third-order valence-corrected chi connectivity index (χ3v) is 2.96. The van der Waals surface area contributed by atoms with Gasteiger partial charge in [0.15, 0.2) is 0 Å². The summed E-state index contributed by atoms with van der Waals surface area (Å²) < 4.78 is 0.